The minimum absolute atomic E-state index is 0.361. The van der Waals surface area contributed by atoms with Gasteiger partial charge in [0.1, 0.15) is 4.33 Å². The van der Waals surface area contributed by atoms with E-state index < -0.39 is 9.87 Å². The highest BCUT2D eigenvalue weighted by Crippen LogP contribution is 2.45. The fraction of sp³-hybridized carbons (Fsp3) is 1.00. The Morgan fingerprint density at radius 1 is 1.30 bits per heavy atom. The van der Waals surface area contributed by atoms with E-state index in [9.17, 15) is 0 Å². The third kappa shape index (κ3) is 1.14. The maximum atomic E-state index is 5.94. The molecule has 1 saturated carbocycles. The highest BCUT2D eigenvalue weighted by molar-refractivity contribution is 6.49. The summed E-state index contributed by atoms with van der Waals surface area (Å²) in [4.78, 5) is 0. The van der Waals surface area contributed by atoms with Crippen LogP contribution in [0.3, 0.4) is 0 Å². The van der Waals surface area contributed by atoms with Gasteiger partial charge in [-0.05, 0) is 19.3 Å². The first-order chi connectivity index (χ1) is 4.52. The highest BCUT2D eigenvalue weighted by atomic mass is 35.5. The third-order valence-electron chi connectivity index (χ3n) is 2.21. The van der Waals surface area contributed by atoms with Crippen LogP contribution >= 0.6 is 23.2 Å². The molecule has 0 bridgehead atoms. The second-order valence-corrected chi connectivity index (χ2v) is 4.40. The van der Waals surface area contributed by atoms with Crippen LogP contribution in [0.15, 0.2) is 0 Å². The first kappa shape index (κ1) is 8.60. The van der Waals surface area contributed by atoms with Crippen LogP contribution in [0.2, 0.25) is 0 Å². The van der Waals surface area contributed by atoms with Crippen LogP contribution in [0.25, 0.3) is 0 Å². The van der Waals surface area contributed by atoms with Gasteiger partial charge in [-0.25, -0.2) is 0 Å². The van der Waals surface area contributed by atoms with E-state index in [4.69, 9.17) is 34.7 Å². The summed E-state index contributed by atoms with van der Waals surface area (Å²) >= 11 is 11.9. The van der Waals surface area contributed by atoms with Crippen molar-refractivity contribution in [2.24, 2.45) is 11.5 Å². The van der Waals surface area contributed by atoms with Crippen LogP contribution in [0.5, 0.6) is 0 Å². The SMILES string of the molecule is NCC1(N)CCCC1(Cl)Cl. The molecule has 0 spiro atoms. The Bertz CT molecular complexity index is 138. The van der Waals surface area contributed by atoms with Crippen molar-refractivity contribution >= 4 is 23.2 Å². The summed E-state index contributed by atoms with van der Waals surface area (Å²) in [5, 5.41) is 0. The lowest BCUT2D eigenvalue weighted by molar-refractivity contribution is 0.430. The zero-order chi connectivity index (χ0) is 7.83. The molecule has 0 heterocycles. The maximum absolute atomic E-state index is 5.94. The Labute approximate surface area is 70.8 Å². The van der Waals surface area contributed by atoms with E-state index in [0.717, 1.165) is 19.3 Å². The van der Waals surface area contributed by atoms with Gasteiger partial charge < -0.3 is 11.5 Å². The molecule has 1 aliphatic carbocycles. The summed E-state index contributed by atoms with van der Waals surface area (Å²) in [6, 6.07) is 0. The fourth-order valence-corrected chi connectivity index (χ4v) is 1.92. The molecule has 0 aromatic heterocycles. The van der Waals surface area contributed by atoms with Crippen molar-refractivity contribution in [1.29, 1.82) is 0 Å². The van der Waals surface area contributed by atoms with Crippen molar-refractivity contribution in [2.45, 2.75) is 29.1 Å². The minimum atomic E-state index is -0.804. The van der Waals surface area contributed by atoms with Crippen LogP contribution in [0, 0.1) is 0 Å². The van der Waals surface area contributed by atoms with E-state index in [1.807, 2.05) is 0 Å². The lowest BCUT2D eigenvalue weighted by atomic mass is 9.99. The van der Waals surface area contributed by atoms with Crippen molar-refractivity contribution in [3.8, 4) is 0 Å². The molecule has 0 aliphatic heterocycles. The van der Waals surface area contributed by atoms with Gasteiger partial charge in [0.2, 0.25) is 0 Å². The van der Waals surface area contributed by atoms with Crippen molar-refractivity contribution in [1.82, 2.24) is 0 Å². The number of nitrogens with two attached hydrogens (primary N) is 2. The maximum Gasteiger partial charge on any atom is 0.137 e. The smallest absolute Gasteiger partial charge is 0.137 e. The number of hydrogen-bond acceptors (Lipinski definition) is 2. The Kier molecular flexibility index (Phi) is 2.17. The molecule has 0 aromatic carbocycles. The monoisotopic (exact) mass is 182 g/mol. The van der Waals surface area contributed by atoms with Gasteiger partial charge in [-0.2, -0.15) is 0 Å². The topological polar surface area (TPSA) is 52.0 Å². The quantitative estimate of drug-likeness (QED) is 0.596. The second-order valence-electron chi connectivity index (χ2n) is 2.92. The van der Waals surface area contributed by atoms with Gasteiger partial charge in [-0.3, -0.25) is 0 Å². The first-order valence-corrected chi connectivity index (χ1v) is 4.14. The van der Waals surface area contributed by atoms with E-state index in [-0.39, 0.29) is 0 Å². The van der Waals surface area contributed by atoms with E-state index in [1.54, 1.807) is 0 Å². The predicted octanol–water partition coefficient (Wildman–Crippen LogP) is 1.00. The van der Waals surface area contributed by atoms with Gasteiger partial charge >= 0.3 is 0 Å². The summed E-state index contributed by atoms with van der Waals surface area (Å²) in [6.45, 7) is 0.361. The van der Waals surface area contributed by atoms with Crippen molar-refractivity contribution in [2.75, 3.05) is 6.54 Å². The highest BCUT2D eigenvalue weighted by Gasteiger charge is 2.49. The molecule has 0 aromatic rings. The zero-order valence-electron chi connectivity index (χ0n) is 5.74. The van der Waals surface area contributed by atoms with Crippen LogP contribution in [-0.4, -0.2) is 16.4 Å². The van der Waals surface area contributed by atoms with Gasteiger partial charge in [0.25, 0.3) is 0 Å². The van der Waals surface area contributed by atoms with E-state index >= 15 is 0 Å². The molecular formula is C6H12Cl2N2. The van der Waals surface area contributed by atoms with Gasteiger partial charge in [0, 0.05) is 6.54 Å². The molecule has 10 heavy (non-hydrogen) atoms. The van der Waals surface area contributed by atoms with E-state index in [1.165, 1.54) is 0 Å². The van der Waals surface area contributed by atoms with Crippen LogP contribution in [-0.2, 0) is 0 Å². The standard InChI is InChI=1S/C6H12Cl2N2/c7-6(8)3-1-2-5(6,10)4-9/h1-4,9-10H2. The molecule has 0 saturated heterocycles. The second kappa shape index (κ2) is 2.52. The molecule has 1 unspecified atom stereocenters. The lowest BCUT2D eigenvalue weighted by Gasteiger charge is -2.32. The van der Waals surface area contributed by atoms with Crippen LogP contribution < -0.4 is 11.5 Å². The fourth-order valence-electron chi connectivity index (χ4n) is 1.31. The molecule has 1 atom stereocenters. The van der Waals surface area contributed by atoms with Crippen molar-refractivity contribution in [3.63, 3.8) is 0 Å². The summed E-state index contributed by atoms with van der Waals surface area (Å²) in [6.07, 6.45) is 2.56. The lowest BCUT2D eigenvalue weighted by Crippen LogP contribution is -2.55. The summed E-state index contributed by atoms with van der Waals surface area (Å²) in [7, 11) is 0. The van der Waals surface area contributed by atoms with Gasteiger partial charge in [0.05, 0.1) is 5.54 Å². The van der Waals surface area contributed by atoms with Crippen LogP contribution in [0.1, 0.15) is 19.3 Å². The molecule has 0 amide bonds. The normalized spacial score (nSPS) is 38.4. The summed E-state index contributed by atoms with van der Waals surface area (Å²) < 4.78 is -0.804. The average Bonchev–Trinajstić information content (AvgIpc) is 2.10. The molecule has 1 fully saturated rings. The van der Waals surface area contributed by atoms with E-state index in [0.29, 0.717) is 6.54 Å². The average molecular weight is 183 g/mol. The predicted molar refractivity (Wildman–Crippen MR) is 44.3 cm³/mol. The van der Waals surface area contributed by atoms with Gasteiger partial charge in [0.15, 0.2) is 0 Å². The molecule has 60 valence electrons. The number of halogens is 2. The van der Waals surface area contributed by atoms with Crippen molar-refractivity contribution in [3.05, 3.63) is 0 Å². The first-order valence-electron chi connectivity index (χ1n) is 3.39. The summed E-state index contributed by atoms with van der Waals surface area (Å²) in [5.41, 5.74) is 10.7. The van der Waals surface area contributed by atoms with E-state index in [2.05, 4.69) is 0 Å². The molecule has 4 N–H and O–H groups in total. The Morgan fingerprint density at radius 3 is 2.10 bits per heavy atom. The molecule has 4 heteroatoms. The Balaban J connectivity index is 2.76. The number of alkyl halides is 2. The van der Waals surface area contributed by atoms with Crippen molar-refractivity contribution < 1.29 is 0 Å². The zero-order valence-corrected chi connectivity index (χ0v) is 7.25. The molecular weight excluding hydrogens is 171 g/mol. The Hall–Kier alpha value is 0.500. The van der Waals surface area contributed by atoms with Gasteiger partial charge in [-0.1, -0.05) is 23.2 Å². The number of rotatable bonds is 1. The molecule has 1 aliphatic rings. The molecule has 0 radical (unpaired) electrons. The van der Waals surface area contributed by atoms with Crippen LogP contribution in [0.4, 0.5) is 0 Å². The summed E-state index contributed by atoms with van der Waals surface area (Å²) in [5.74, 6) is 0. The largest absolute Gasteiger partial charge is 0.329 e. The molecule has 1 rings (SSSR count). The third-order valence-corrected chi connectivity index (χ3v) is 3.34. The number of hydrogen-bond donors (Lipinski definition) is 2. The van der Waals surface area contributed by atoms with Gasteiger partial charge in [-0.15, -0.1) is 0 Å². The minimum Gasteiger partial charge on any atom is -0.329 e. The molecule has 2 nitrogen and oxygen atoms in total. The Morgan fingerprint density at radius 2 is 1.90 bits per heavy atom.